The molecule has 0 radical (unpaired) electrons. The summed E-state index contributed by atoms with van der Waals surface area (Å²) >= 11 is 0. The number of ketones is 1. The molecule has 1 amide bonds. The number of hydrogen-bond donors (Lipinski definition) is 2. The fourth-order valence-corrected chi connectivity index (χ4v) is 3.37. The molecule has 0 aliphatic rings. The number of hydrogen-bond acceptors (Lipinski definition) is 6. The largest absolute Gasteiger partial charge is 0.454 e. The van der Waals surface area contributed by atoms with E-state index in [2.05, 4.69) is 10.0 Å². The van der Waals surface area contributed by atoms with Crippen LogP contribution in [0.1, 0.15) is 45.2 Å². The van der Waals surface area contributed by atoms with Crippen molar-refractivity contribution in [3.8, 4) is 0 Å². The Labute approximate surface area is 188 Å². The normalized spacial score (nSPS) is 11.1. The Morgan fingerprint density at radius 2 is 1.41 bits per heavy atom. The molecule has 0 unspecified atom stereocenters. The van der Waals surface area contributed by atoms with Crippen molar-refractivity contribution in [3.63, 3.8) is 0 Å². The van der Waals surface area contributed by atoms with Gasteiger partial charge in [0.15, 0.2) is 12.4 Å². The van der Waals surface area contributed by atoms with Gasteiger partial charge < -0.3 is 10.1 Å². The van der Waals surface area contributed by atoms with Gasteiger partial charge in [-0.1, -0.05) is 36.4 Å². The fourth-order valence-electron chi connectivity index (χ4n) is 2.90. The third-order valence-electron chi connectivity index (χ3n) is 4.59. The van der Waals surface area contributed by atoms with Gasteiger partial charge in [-0.05, 0) is 42.5 Å². The van der Waals surface area contributed by atoms with E-state index in [1.165, 1.54) is 6.92 Å². The zero-order chi connectivity index (χ0) is 23.6. The quantitative estimate of drug-likeness (QED) is 0.284. The SMILES string of the molecule is CC(=O)NCCCc1ccc(C(=O)COC(=O)c2ccc(CCNS(C)(=O)=O)cc2)cc1. The van der Waals surface area contributed by atoms with E-state index < -0.39 is 16.0 Å². The second-order valence-corrected chi connectivity index (χ2v) is 9.23. The van der Waals surface area contributed by atoms with Crippen LogP contribution < -0.4 is 10.0 Å². The predicted octanol–water partition coefficient (Wildman–Crippen LogP) is 1.89. The van der Waals surface area contributed by atoms with Crippen LogP contribution in [-0.4, -0.2) is 52.0 Å². The second-order valence-electron chi connectivity index (χ2n) is 7.40. The van der Waals surface area contributed by atoms with Crippen LogP contribution >= 0.6 is 0 Å². The maximum atomic E-state index is 12.3. The molecule has 0 saturated carbocycles. The Hall–Kier alpha value is -3.04. The summed E-state index contributed by atoms with van der Waals surface area (Å²) in [6.07, 6.45) is 3.17. The molecule has 2 rings (SSSR count). The van der Waals surface area contributed by atoms with E-state index >= 15 is 0 Å². The molecule has 0 spiro atoms. The molecule has 2 N–H and O–H groups in total. The summed E-state index contributed by atoms with van der Waals surface area (Å²) in [6, 6.07) is 13.7. The first kappa shape index (κ1) is 25.2. The van der Waals surface area contributed by atoms with Crippen molar-refractivity contribution in [2.75, 3.05) is 26.0 Å². The molecule has 0 saturated heterocycles. The van der Waals surface area contributed by atoms with Crippen LogP contribution in [0, 0.1) is 0 Å². The molecule has 2 aromatic rings. The fraction of sp³-hybridized carbons (Fsp3) is 0.348. The minimum absolute atomic E-state index is 0.0571. The molecule has 9 heteroatoms. The molecule has 8 nitrogen and oxygen atoms in total. The molecule has 0 heterocycles. The number of ether oxygens (including phenoxy) is 1. The smallest absolute Gasteiger partial charge is 0.338 e. The summed E-state index contributed by atoms with van der Waals surface area (Å²) in [5, 5.41) is 2.74. The highest BCUT2D eigenvalue weighted by atomic mass is 32.2. The standard InChI is InChI=1S/C23H28N2O6S/c1-17(26)24-14-3-4-18-5-9-20(10-6-18)22(27)16-31-23(28)21-11-7-19(8-12-21)13-15-25-32(2,29)30/h5-12,25H,3-4,13-16H2,1-2H3,(H,24,26). The summed E-state index contributed by atoms with van der Waals surface area (Å²) in [5.41, 5.74) is 2.69. The van der Waals surface area contributed by atoms with Gasteiger partial charge in [0, 0.05) is 25.6 Å². The van der Waals surface area contributed by atoms with Gasteiger partial charge in [0.05, 0.1) is 11.8 Å². The number of rotatable bonds is 12. The Morgan fingerprint density at radius 1 is 0.844 bits per heavy atom. The molecule has 0 aromatic heterocycles. The number of aryl methyl sites for hydroxylation is 1. The van der Waals surface area contributed by atoms with Gasteiger partial charge in [-0.15, -0.1) is 0 Å². The van der Waals surface area contributed by atoms with Crippen LogP contribution in [0.4, 0.5) is 0 Å². The van der Waals surface area contributed by atoms with Crippen LogP contribution in [0.25, 0.3) is 0 Å². The van der Waals surface area contributed by atoms with Crippen LogP contribution in [-0.2, 0) is 32.4 Å². The van der Waals surface area contributed by atoms with Gasteiger partial charge in [-0.25, -0.2) is 17.9 Å². The Morgan fingerprint density at radius 3 is 1.97 bits per heavy atom. The number of nitrogens with one attached hydrogen (secondary N) is 2. The Kier molecular flexibility index (Phi) is 9.55. The van der Waals surface area contributed by atoms with E-state index in [4.69, 9.17) is 4.74 Å². The lowest BCUT2D eigenvalue weighted by molar-refractivity contribution is -0.118. The summed E-state index contributed by atoms with van der Waals surface area (Å²) < 4.78 is 29.7. The van der Waals surface area contributed by atoms with E-state index in [-0.39, 0.29) is 24.8 Å². The first-order valence-corrected chi connectivity index (χ1v) is 12.1. The van der Waals surface area contributed by atoms with Gasteiger partial charge in [0.25, 0.3) is 0 Å². The van der Waals surface area contributed by atoms with Crippen molar-refractivity contribution >= 4 is 27.7 Å². The number of carbonyl (C=O) groups is 3. The van der Waals surface area contributed by atoms with Crippen LogP contribution in [0.5, 0.6) is 0 Å². The molecule has 0 aliphatic heterocycles. The number of benzene rings is 2. The molecule has 0 fully saturated rings. The summed E-state index contributed by atoms with van der Waals surface area (Å²) in [4.78, 5) is 35.3. The monoisotopic (exact) mass is 460 g/mol. The molecule has 32 heavy (non-hydrogen) atoms. The zero-order valence-electron chi connectivity index (χ0n) is 18.2. The summed E-state index contributed by atoms with van der Waals surface area (Å²) in [5.74, 6) is -0.960. The van der Waals surface area contributed by atoms with Crippen molar-refractivity contribution in [3.05, 3.63) is 70.8 Å². The van der Waals surface area contributed by atoms with Gasteiger partial charge in [0.1, 0.15) is 0 Å². The van der Waals surface area contributed by atoms with Crippen molar-refractivity contribution in [1.82, 2.24) is 10.0 Å². The molecular weight excluding hydrogens is 432 g/mol. The topological polar surface area (TPSA) is 119 Å². The lowest BCUT2D eigenvalue weighted by Gasteiger charge is -2.07. The van der Waals surface area contributed by atoms with E-state index in [1.807, 2.05) is 12.1 Å². The maximum Gasteiger partial charge on any atom is 0.338 e. The van der Waals surface area contributed by atoms with Crippen molar-refractivity contribution in [1.29, 1.82) is 0 Å². The van der Waals surface area contributed by atoms with Crippen LogP contribution in [0.15, 0.2) is 48.5 Å². The van der Waals surface area contributed by atoms with Gasteiger partial charge in [-0.2, -0.15) is 0 Å². The van der Waals surface area contributed by atoms with E-state index in [0.29, 0.717) is 24.1 Å². The summed E-state index contributed by atoms with van der Waals surface area (Å²) in [6.45, 7) is 1.99. The van der Waals surface area contributed by atoms with Crippen molar-refractivity contribution in [2.24, 2.45) is 0 Å². The maximum absolute atomic E-state index is 12.3. The number of sulfonamides is 1. The van der Waals surface area contributed by atoms with Crippen LogP contribution in [0.2, 0.25) is 0 Å². The average molecular weight is 461 g/mol. The van der Waals surface area contributed by atoms with Gasteiger partial charge in [-0.3, -0.25) is 9.59 Å². The first-order chi connectivity index (χ1) is 15.1. The highest BCUT2D eigenvalue weighted by Gasteiger charge is 2.12. The lowest BCUT2D eigenvalue weighted by atomic mass is 10.1. The molecule has 172 valence electrons. The number of amides is 1. The van der Waals surface area contributed by atoms with Crippen molar-refractivity contribution in [2.45, 2.75) is 26.2 Å². The highest BCUT2D eigenvalue weighted by Crippen LogP contribution is 2.10. The molecular formula is C23H28N2O6S. The first-order valence-electron chi connectivity index (χ1n) is 10.2. The molecule has 0 aliphatic carbocycles. The zero-order valence-corrected chi connectivity index (χ0v) is 19.0. The lowest BCUT2D eigenvalue weighted by Crippen LogP contribution is -2.24. The van der Waals surface area contributed by atoms with E-state index in [1.54, 1.807) is 36.4 Å². The average Bonchev–Trinajstić information content (AvgIpc) is 2.74. The predicted molar refractivity (Wildman–Crippen MR) is 121 cm³/mol. The van der Waals surface area contributed by atoms with E-state index in [0.717, 1.165) is 30.2 Å². The highest BCUT2D eigenvalue weighted by molar-refractivity contribution is 7.88. The minimum Gasteiger partial charge on any atom is -0.454 e. The minimum atomic E-state index is -3.23. The van der Waals surface area contributed by atoms with Crippen molar-refractivity contribution < 1.29 is 27.5 Å². The van der Waals surface area contributed by atoms with E-state index in [9.17, 15) is 22.8 Å². The third kappa shape index (κ3) is 9.40. The van der Waals surface area contributed by atoms with Crippen LogP contribution in [0.3, 0.4) is 0 Å². The van der Waals surface area contributed by atoms with Gasteiger partial charge >= 0.3 is 5.97 Å². The number of carbonyl (C=O) groups excluding carboxylic acids is 3. The second kappa shape index (κ2) is 12.1. The Balaban J connectivity index is 1.78. The summed E-state index contributed by atoms with van der Waals surface area (Å²) in [7, 11) is -3.23. The Bertz CT molecular complexity index is 1030. The molecule has 0 atom stereocenters. The molecule has 0 bridgehead atoms. The number of esters is 1. The molecule has 2 aromatic carbocycles. The number of Topliss-reactive ketones (excluding diaryl/α,β-unsaturated/α-hetero) is 1. The van der Waals surface area contributed by atoms with Gasteiger partial charge in [0.2, 0.25) is 15.9 Å². The third-order valence-corrected chi connectivity index (χ3v) is 5.32.